The largest absolute Gasteiger partial charge is 0.478 e. The molecule has 1 heterocycles. The number of rotatable bonds is 2. The van der Waals surface area contributed by atoms with Crippen LogP contribution < -0.4 is 5.32 Å². The van der Waals surface area contributed by atoms with Crippen LogP contribution in [-0.2, 0) is 0 Å². The summed E-state index contributed by atoms with van der Waals surface area (Å²) in [5.41, 5.74) is -0.465. The third kappa shape index (κ3) is 3.20. The molecule has 3 N–H and O–H groups in total. The number of likely N-dealkylation sites (tertiary alicyclic amines) is 1. The van der Waals surface area contributed by atoms with Crippen LogP contribution in [0.3, 0.4) is 0 Å². The van der Waals surface area contributed by atoms with E-state index in [0.717, 1.165) is 0 Å². The highest BCUT2D eigenvalue weighted by atomic mass is 35.5. The molecule has 6 nitrogen and oxygen atoms in total. The lowest BCUT2D eigenvalue weighted by molar-refractivity contribution is 0.0695. The second kappa shape index (κ2) is 5.30. The fourth-order valence-corrected chi connectivity index (χ4v) is 2.35. The first-order valence-corrected chi connectivity index (χ1v) is 6.47. The minimum atomic E-state index is -1.12. The van der Waals surface area contributed by atoms with Gasteiger partial charge in [-0.3, -0.25) is 0 Å². The summed E-state index contributed by atoms with van der Waals surface area (Å²) in [5, 5.41) is 21.4. The summed E-state index contributed by atoms with van der Waals surface area (Å²) < 4.78 is 0. The van der Waals surface area contributed by atoms with E-state index >= 15 is 0 Å². The SMILES string of the molecule is CC1(O)CCN(C(=O)Nc2ccc(C(=O)O)c(Cl)c2)C1. The van der Waals surface area contributed by atoms with Crippen LogP contribution in [0, 0.1) is 0 Å². The molecule has 108 valence electrons. The number of nitrogens with zero attached hydrogens (tertiary/aromatic N) is 1. The number of aliphatic hydroxyl groups is 1. The number of urea groups is 1. The van der Waals surface area contributed by atoms with Crippen molar-refractivity contribution in [2.24, 2.45) is 0 Å². The number of carboxylic acid groups (broad SMARTS) is 1. The molecule has 1 fully saturated rings. The molecule has 1 aromatic rings. The molecular formula is C13H15ClN2O4. The zero-order chi connectivity index (χ0) is 14.9. The second-order valence-corrected chi connectivity index (χ2v) is 5.51. The van der Waals surface area contributed by atoms with E-state index in [-0.39, 0.29) is 23.2 Å². The van der Waals surface area contributed by atoms with Crippen LogP contribution in [0.1, 0.15) is 23.7 Å². The van der Waals surface area contributed by atoms with E-state index in [1.807, 2.05) is 0 Å². The van der Waals surface area contributed by atoms with Gasteiger partial charge in [0.1, 0.15) is 0 Å². The van der Waals surface area contributed by atoms with E-state index in [1.165, 1.54) is 23.1 Å². The Hall–Kier alpha value is -1.79. The predicted molar refractivity (Wildman–Crippen MR) is 74.2 cm³/mol. The molecule has 0 aromatic heterocycles. The van der Waals surface area contributed by atoms with E-state index in [4.69, 9.17) is 16.7 Å². The number of amides is 2. The molecule has 0 aliphatic carbocycles. The van der Waals surface area contributed by atoms with Gasteiger partial charge in [-0.2, -0.15) is 0 Å². The Morgan fingerprint density at radius 2 is 2.15 bits per heavy atom. The van der Waals surface area contributed by atoms with Gasteiger partial charge in [0.05, 0.1) is 22.7 Å². The molecule has 1 saturated heterocycles. The van der Waals surface area contributed by atoms with Gasteiger partial charge in [0, 0.05) is 12.2 Å². The van der Waals surface area contributed by atoms with Crippen molar-refractivity contribution in [2.45, 2.75) is 18.9 Å². The van der Waals surface area contributed by atoms with E-state index in [9.17, 15) is 14.7 Å². The number of nitrogens with one attached hydrogen (secondary N) is 1. The molecular weight excluding hydrogens is 284 g/mol. The summed E-state index contributed by atoms with van der Waals surface area (Å²) >= 11 is 5.83. The third-order valence-electron chi connectivity index (χ3n) is 3.19. The Balaban J connectivity index is 2.05. The summed E-state index contributed by atoms with van der Waals surface area (Å²) in [5.74, 6) is -1.12. The van der Waals surface area contributed by atoms with Gasteiger partial charge in [0.15, 0.2) is 0 Å². The van der Waals surface area contributed by atoms with Crippen molar-refractivity contribution >= 4 is 29.3 Å². The molecule has 1 atom stereocenters. The van der Waals surface area contributed by atoms with Gasteiger partial charge >= 0.3 is 12.0 Å². The van der Waals surface area contributed by atoms with Gasteiger partial charge in [-0.1, -0.05) is 11.6 Å². The highest BCUT2D eigenvalue weighted by Crippen LogP contribution is 2.23. The zero-order valence-electron chi connectivity index (χ0n) is 10.9. The fourth-order valence-electron chi connectivity index (χ4n) is 2.09. The average Bonchev–Trinajstić information content (AvgIpc) is 2.69. The summed E-state index contributed by atoms with van der Waals surface area (Å²) in [6.07, 6.45) is 0.527. The van der Waals surface area contributed by atoms with Crippen molar-refractivity contribution in [3.05, 3.63) is 28.8 Å². The monoisotopic (exact) mass is 298 g/mol. The Morgan fingerprint density at radius 3 is 2.65 bits per heavy atom. The van der Waals surface area contributed by atoms with Crippen molar-refractivity contribution in [1.82, 2.24) is 4.90 Å². The number of carbonyl (C=O) groups is 2. The number of β-amino-alcohol motifs (C(OH)–C–C–N with tert-alkyl or cyclic N) is 1. The number of carbonyl (C=O) groups excluding carboxylic acids is 1. The zero-order valence-corrected chi connectivity index (χ0v) is 11.6. The van der Waals surface area contributed by atoms with Crippen LogP contribution in [0.25, 0.3) is 0 Å². The quantitative estimate of drug-likeness (QED) is 0.779. The molecule has 0 spiro atoms. The maximum absolute atomic E-state index is 12.0. The Kier molecular flexibility index (Phi) is 3.87. The molecule has 7 heteroatoms. The number of carboxylic acids is 1. The van der Waals surface area contributed by atoms with Gasteiger partial charge in [-0.05, 0) is 31.5 Å². The van der Waals surface area contributed by atoms with Crippen molar-refractivity contribution < 1.29 is 19.8 Å². The smallest absolute Gasteiger partial charge is 0.337 e. The molecule has 0 saturated carbocycles. The van der Waals surface area contributed by atoms with Gasteiger partial charge in [0.2, 0.25) is 0 Å². The number of halogens is 1. The van der Waals surface area contributed by atoms with Gasteiger partial charge < -0.3 is 20.4 Å². The second-order valence-electron chi connectivity index (χ2n) is 5.10. The van der Waals surface area contributed by atoms with Crippen LogP contribution in [0.15, 0.2) is 18.2 Å². The molecule has 1 aromatic carbocycles. The highest BCUT2D eigenvalue weighted by molar-refractivity contribution is 6.33. The molecule has 1 unspecified atom stereocenters. The number of hydrogen-bond acceptors (Lipinski definition) is 3. The molecule has 0 radical (unpaired) electrons. The normalized spacial score (nSPS) is 21.9. The van der Waals surface area contributed by atoms with Crippen LogP contribution in [0.5, 0.6) is 0 Å². The van der Waals surface area contributed by atoms with Crippen molar-refractivity contribution in [3.8, 4) is 0 Å². The molecule has 0 bridgehead atoms. The van der Waals surface area contributed by atoms with Crippen LogP contribution in [0.2, 0.25) is 5.02 Å². The number of benzene rings is 1. The number of hydrogen-bond donors (Lipinski definition) is 3. The van der Waals surface area contributed by atoms with Gasteiger partial charge in [0.25, 0.3) is 0 Å². The predicted octanol–water partition coefficient (Wildman–Crippen LogP) is 2.03. The van der Waals surface area contributed by atoms with E-state index in [2.05, 4.69) is 5.32 Å². The van der Waals surface area contributed by atoms with Crippen LogP contribution in [0.4, 0.5) is 10.5 Å². The van der Waals surface area contributed by atoms with Crippen molar-refractivity contribution in [2.75, 3.05) is 18.4 Å². The molecule has 2 amide bonds. The lowest BCUT2D eigenvalue weighted by Crippen LogP contribution is -2.36. The molecule has 20 heavy (non-hydrogen) atoms. The third-order valence-corrected chi connectivity index (χ3v) is 3.50. The minimum absolute atomic E-state index is 0.0197. The Bertz CT molecular complexity index is 559. The maximum atomic E-state index is 12.0. The van der Waals surface area contributed by atoms with Crippen molar-refractivity contribution in [3.63, 3.8) is 0 Å². The molecule has 1 aliphatic rings. The fraction of sp³-hybridized carbons (Fsp3) is 0.385. The first-order valence-electron chi connectivity index (χ1n) is 6.10. The first-order chi connectivity index (χ1) is 9.28. The number of aromatic carboxylic acids is 1. The summed E-state index contributed by atoms with van der Waals surface area (Å²) in [6.45, 7) is 2.42. The minimum Gasteiger partial charge on any atom is -0.478 e. The topological polar surface area (TPSA) is 89.9 Å². The van der Waals surface area contributed by atoms with E-state index < -0.39 is 11.6 Å². The van der Waals surface area contributed by atoms with E-state index in [0.29, 0.717) is 18.7 Å². The van der Waals surface area contributed by atoms with Crippen molar-refractivity contribution in [1.29, 1.82) is 0 Å². The maximum Gasteiger partial charge on any atom is 0.337 e. The lowest BCUT2D eigenvalue weighted by atomic mass is 10.1. The number of anilines is 1. The Morgan fingerprint density at radius 1 is 1.45 bits per heavy atom. The average molecular weight is 299 g/mol. The highest BCUT2D eigenvalue weighted by Gasteiger charge is 2.33. The van der Waals surface area contributed by atoms with Gasteiger partial charge in [-0.25, -0.2) is 9.59 Å². The van der Waals surface area contributed by atoms with Gasteiger partial charge in [-0.15, -0.1) is 0 Å². The summed E-state index contributed by atoms with van der Waals surface area (Å²) in [4.78, 5) is 24.3. The Labute approximate surface area is 121 Å². The summed E-state index contributed by atoms with van der Waals surface area (Å²) in [6, 6.07) is 3.85. The molecule has 2 rings (SSSR count). The lowest BCUT2D eigenvalue weighted by Gasteiger charge is -2.19. The molecule has 1 aliphatic heterocycles. The van der Waals surface area contributed by atoms with Crippen LogP contribution in [-0.4, -0.2) is 45.8 Å². The van der Waals surface area contributed by atoms with Crippen LogP contribution >= 0.6 is 11.6 Å². The summed E-state index contributed by atoms with van der Waals surface area (Å²) in [7, 11) is 0. The standard InChI is InChI=1S/C13H15ClN2O4/c1-13(20)4-5-16(7-13)12(19)15-8-2-3-9(11(17)18)10(14)6-8/h2-3,6,20H,4-5,7H2,1H3,(H,15,19)(H,17,18). The van der Waals surface area contributed by atoms with E-state index in [1.54, 1.807) is 6.92 Å². The first kappa shape index (κ1) is 14.6.